The quantitative estimate of drug-likeness (QED) is 0.263. The highest BCUT2D eigenvalue weighted by Crippen LogP contribution is 2.68. The maximum absolute atomic E-state index is 6.09. The third-order valence-electron chi connectivity index (χ3n) is 2.26. The first kappa shape index (κ1) is 28.4. The first-order valence-corrected chi connectivity index (χ1v) is 10.8. The lowest BCUT2D eigenvalue weighted by atomic mass is 10.1. The molecule has 0 saturated carbocycles. The van der Waals surface area contributed by atoms with Crippen LogP contribution in [0.5, 0.6) is 0 Å². The van der Waals surface area contributed by atoms with E-state index in [1.165, 1.54) is 0 Å². The van der Waals surface area contributed by atoms with Gasteiger partial charge in [-0.1, -0.05) is 186 Å². The molecule has 0 fully saturated rings. The fourth-order valence-corrected chi connectivity index (χ4v) is 4.92. The van der Waals surface area contributed by atoms with Gasteiger partial charge in [-0.2, -0.15) is 0 Å². The van der Waals surface area contributed by atoms with Crippen molar-refractivity contribution in [1.29, 1.82) is 0 Å². The molecular formula is C8Cl16. The Hall–Kier alpha value is 4.38. The normalized spacial score (nSPS) is 17.0. The Balaban J connectivity index is 6.43. The zero-order chi connectivity index (χ0) is 20.2. The molecule has 0 aromatic carbocycles. The average Bonchev–Trinajstić information content (AvgIpc) is 2.33. The lowest BCUT2D eigenvalue weighted by Crippen LogP contribution is -2.62. The molecule has 0 aromatic heterocycles. The van der Waals surface area contributed by atoms with Crippen LogP contribution in [0.1, 0.15) is 0 Å². The van der Waals surface area contributed by atoms with Gasteiger partial charge in [-0.25, -0.2) is 0 Å². The first-order chi connectivity index (χ1) is 10.1. The van der Waals surface area contributed by atoms with Crippen LogP contribution in [-0.2, 0) is 0 Å². The van der Waals surface area contributed by atoms with Gasteiger partial charge < -0.3 is 0 Å². The van der Waals surface area contributed by atoms with Gasteiger partial charge in [-0.05, 0) is 0 Å². The molecule has 0 nitrogen and oxygen atoms in total. The average molecular weight is 663 g/mol. The van der Waals surface area contributed by atoms with Gasteiger partial charge in [-0.15, -0.1) is 0 Å². The number of halogens is 16. The predicted octanol–water partition coefficient (Wildman–Crippen LogP) is 10.1. The minimum Gasteiger partial charge on any atom is -0.0946 e. The smallest absolute Gasteiger partial charge is 0.0946 e. The predicted molar refractivity (Wildman–Crippen MR) is 117 cm³/mol. The molecule has 144 valence electrons. The summed E-state index contributed by atoms with van der Waals surface area (Å²) < 4.78 is -15.6. The second-order valence-electron chi connectivity index (χ2n) is 3.92. The molecular weight excluding hydrogens is 663 g/mol. The molecule has 0 N–H and O–H groups in total. The van der Waals surface area contributed by atoms with Gasteiger partial charge in [0.05, 0.1) is 10.1 Å². The summed E-state index contributed by atoms with van der Waals surface area (Å²) >= 11 is 93.6. The van der Waals surface area contributed by atoms with E-state index in [9.17, 15) is 0 Å². The maximum atomic E-state index is 6.09. The highest BCUT2D eigenvalue weighted by Gasteiger charge is 2.74. The van der Waals surface area contributed by atoms with Crippen molar-refractivity contribution >= 4 is 186 Å². The van der Waals surface area contributed by atoms with Crippen LogP contribution in [0.3, 0.4) is 0 Å². The maximum Gasteiger partial charge on any atom is 0.227 e. The Morgan fingerprint density at radius 2 is 0.750 bits per heavy atom. The Bertz CT molecular complexity index is 501. The van der Waals surface area contributed by atoms with Crippen LogP contribution in [-0.4, -0.2) is 24.9 Å². The minimum atomic E-state index is -2.76. The molecule has 0 heterocycles. The van der Waals surface area contributed by atoms with E-state index in [0.29, 0.717) is 0 Å². The minimum absolute atomic E-state index is 0.669. The first-order valence-electron chi connectivity index (χ1n) is 4.77. The van der Waals surface area contributed by atoms with E-state index >= 15 is 0 Å². The van der Waals surface area contributed by atoms with Crippen LogP contribution in [0.15, 0.2) is 10.1 Å². The number of allylic oxidation sites excluding steroid dienone is 2. The van der Waals surface area contributed by atoms with Crippen LogP contribution >= 0.6 is 186 Å². The van der Waals surface area contributed by atoms with Crippen molar-refractivity contribution in [2.45, 2.75) is 24.9 Å². The van der Waals surface area contributed by atoms with Gasteiger partial charge in [0.15, 0.2) is 13.0 Å². The standard InChI is InChI=1S/C8Cl16/c9-1(2(10)4(13,14)15)3(11,12)5(16,17)6(18,19)7(20,21)8(22,23)24/b2-1+. The number of hydrogen-bond donors (Lipinski definition) is 0. The van der Waals surface area contributed by atoms with Crippen molar-refractivity contribution in [3.05, 3.63) is 10.1 Å². The summed E-state index contributed by atoms with van der Waals surface area (Å²) in [7, 11) is 0. The van der Waals surface area contributed by atoms with Crippen LogP contribution in [0.4, 0.5) is 0 Å². The van der Waals surface area contributed by atoms with Crippen LogP contribution in [0, 0.1) is 0 Å². The molecule has 0 amide bonds. The summed E-state index contributed by atoms with van der Waals surface area (Å²) in [5.41, 5.74) is 0. The molecule has 0 rings (SSSR count). The van der Waals surface area contributed by atoms with Crippen LogP contribution in [0.25, 0.3) is 0 Å². The third-order valence-corrected chi connectivity index (χ3v) is 11.3. The third kappa shape index (κ3) is 5.35. The summed E-state index contributed by atoms with van der Waals surface area (Å²) in [5.74, 6) is 0. The lowest BCUT2D eigenvalue weighted by molar-refractivity contribution is 0.564. The van der Waals surface area contributed by atoms with Gasteiger partial charge in [0.1, 0.15) is 0 Å². The van der Waals surface area contributed by atoms with Crippen molar-refractivity contribution < 1.29 is 0 Å². The molecule has 0 bridgehead atoms. The Labute approximate surface area is 217 Å². The van der Waals surface area contributed by atoms with Gasteiger partial charge >= 0.3 is 0 Å². The van der Waals surface area contributed by atoms with E-state index in [1.54, 1.807) is 0 Å². The Morgan fingerprint density at radius 3 is 1.00 bits per heavy atom. The zero-order valence-corrected chi connectivity index (χ0v) is 22.1. The van der Waals surface area contributed by atoms with Crippen LogP contribution < -0.4 is 0 Å². The number of alkyl halides is 14. The summed E-state index contributed by atoms with van der Waals surface area (Å²) in [6.07, 6.45) is 0. The van der Waals surface area contributed by atoms with Crippen molar-refractivity contribution in [2.24, 2.45) is 0 Å². The summed E-state index contributed by atoms with van der Waals surface area (Å²) in [6, 6.07) is 0. The molecule has 0 aliphatic heterocycles. The van der Waals surface area contributed by atoms with Gasteiger partial charge in [0, 0.05) is 0 Å². The monoisotopic (exact) mass is 656 g/mol. The second kappa shape index (κ2) is 8.86. The van der Waals surface area contributed by atoms with E-state index in [4.69, 9.17) is 186 Å². The van der Waals surface area contributed by atoms with Crippen molar-refractivity contribution in [3.8, 4) is 0 Å². The van der Waals surface area contributed by atoms with Gasteiger partial charge in [0.2, 0.25) is 11.9 Å². The fourth-order valence-electron chi connectivity index (χ4n) is 0.972. The fraction of sp³-hybridized carbons (Fsp3) is 0.750. The summed E-state index contributed by atoms with van der Waals surface area (Å²) in [5, 5.41) is -1.42. The molecule has 0 atom stereocenters. The molecule has 24 heavy (non-hydrogen) atoms. The molecule has 0 radical (unpaired) electrons. The van der Waals surface area contributed by atoms with E-state index in [-0.39, 0.29) is 0 Å². The molecule has 0 unspecified atom stereocenters. The lowest BCUT2D eigenvalue weighted by Gasteiger charge is -2.48. The number of rotatable bonds is 4. The molecule has 16 heteroatoms. The topological polar surface area (TPSA) is 0 Å². The van der Waals surface area contributed by atoms with E-state index in [2.05, 4.69) is 0 Å². The van der Waals surface area contributed by atoms with E-state index in [0.717, 1.165) is 0 Å². The van der Waals surface area contributed by atoms with Crippen molar-refractivity contribution in [3.63, 3.8) is 0 Å². The highest BCUT2D eigenvalue weighted by atomic mass is 35.6. The molecule has 0 aliphatic carbocycles. The highest BCUT2D eigenvalue weighted by molar-refractivity contribution is 6.82. The van der Waals surface area contributed by atoms with Gasteiger partial charge in [0.25, 0.3) is 0 Å². The Morgan fingerprint density at radius 1 is 0.417 bits per heavy atom. The van der Waals surface area contributed by atoms with E-state index in [1.807, 2.05) is 0 Å². The summed E-state index contributed by atoms with van der Waals surface area (Å²) in [4.78, 5) is 0. The molecule has 0 aliphatic rings. The molecule has 0 aromatic rings. The van der Waals surface area contributed by atoms with Crippen molar-refractivity contribution in [1.82, 2.24) is 0 Å². The summed E-state index contributed by atoms with van der Waals surface area (Å²) in [6.45, 7) is 0. The second-order valence-corrected chi connectivity index (χ2v) is 14.5. The van der Waals surface area contributed by atoms with Crippen molar-refractivity contribution in [2.75, 3.05) is 0 Å². The Kier molecular flexibility index (Phi) is 10.5. The zero-order valence-electron chi connectivity index (χ0n) is 10.0. The number of hydrogen-bond acceptors (Lipinski definition) is 0. The SMILES string of the molecule is Cl/C(=C(/Cl)C(Cl)(Cl)C(Cl)(Cl)C(Cl)(Cl)C(Cl)(Cl)C(Cl)(Cl)Cl)C(Cl)(Cl)Cl. The molecule has 0 saturated heterocycles. The molecule has 0 spiro atoms. The van der Waals surface area contributed by atoms with E-state index < -0.39 is 35.0 Å². The van der Waals surface area contributed by atoms with Gasteiger partial charge in [-0.3, -0.25) is 0 Å². The largest absolute Gasteiger partial charge is 0.227 e. The van der Waals surface area contributed by atoms with Crippen LogP contribution in [0.2, 0.25) is 0 Å².